The third-order valence-electron chi connectivity index (χ3n) is 3.13. The van der Waals surface area contributed by atoms with Crippen LogP contribution in [0.5, 0.6) is 0 Å². The summed E-state index contributed by atoms with van der Waals surface area (Å²) in [6.45, 7) is 8.86. The Bertz CT molecular complexity index is 348. The van der Waals surface area contributed by atoms with E-state index in [1.807, 2.05) is 0 Å². The molecule has 2 rings (SSSR count). The summed E-state index contributed by atoms with van der Waals surface area (Å²) in [5.41, 5.74) is 0.219. The summed E-state index contributed by atoms with van der Waals surface area (Å²) in [6, 6.07) is 0. The summed E-state index contributed by atoms with van der Waals surface area (Å²) in [4.78, 5) is 4.46. The molecule has 0 saturated carbocycles. The number of nitrogens with zero attached hydrogens (tertiary/aromatic N) is 2. The lowest BCUT2D eigenvalue weighted by Crippen LogP contribution is -2.10. The Hall–Kier alpha value is -0.900. The molecule has 4 heteroatoms. The van der Waals surface area contributed by atoms with Gasteiger partial charge in [-0.15, -0.1) is 0 Å². The molecule has 1 unspecified atom stereocenters. The first-order chi connectivity index (χ1) is 8.03. The molecule has 1 fully saturated rings. The lowest BCUT2D eigenvalue weighted by Gasteiger charge is -2.14. The third kappa shape index (κ3) is 4.11. The number of hydrogen-bond acceptors (Lipinski definition) is 4. The Labute approximate surface area is 103 Å². The minimum Gasteiger partial charge on any atom is -0.339 e. The molecule has 0 radical (unpaired) electrons. The van der Waals surface area contributed by atoms with Gasteiger partial charge in [0.15, 0.2) is 5.82 Å². The smallest absolute Gasteiger partial charge is 0.226 e. The Balaban J connectivity index is 1.81. The standard InChI is InChI=1S/C13H23N3O/c1-13(2,3)8-11-15-12(17-16-11)5-4-10-6-7-14-9-10/h10,14H,4-9H2,1-3H3. The minimum atomic E-state index is 0.219. The second-order valence-electron chi connectivity index (χ2n) is 6.24. The van der Waals surface area contributed by atoms with E-state index >= 15 is 0 Å². The highest BCUT2D eigenvalue weighted by molar-refractivity contribution is 4.90. The highest BCUT2D eigenvalue weighted by atomic mass is 16.5. The van der Waals surface area contributed by atoms with E-state index in [2.05, 4.69) is 36.2 Å². The highest BCUT2D eigenvalue weighted by Crippen LogP contribution is 2.19. The van der Waals surface area contributed by atoms with Crippen molar-refractivity contribution < 1.29 is 4.52 Å². The van der Waals surface area contributed by atoms with Crippen LogP contribution in [-0.2, 0) is 12.8 Å². The SMILES string of the molecule is CC(C)(C)Cc1noc(CCC2CCNC2)n1. The van der Waals surface area contributed by atoms with E-state index in [1.165, 1.54) is 6.42 Å². The topological polar surface area (TPSA) is 51.0 Å². The average Bonchev–Trinajstić information content (AvgIpc) is 2.82. The van der Waals surface area contributed by atoms with Crippen molar-refractivity contribution >= 4 is 0 Å². The number of hydrogen-bond donors (Lipinski definition) is 1. The van der Waals surface area contributed by atoms with E-state index < -0.39 is 0 Å². The summed E-state index contributed by atoms with van der Waals surface area (Å²) in [5.74, 6) is 2.43. The van der Waals surface area contributed by atoms with Gasteiger partial charge in [0.1, 0.15) is 0 Å². The van der Waals surface area contributed by atoms with Crippen LogP contribution >= 0.6 is 0 Å². The van der Waals surface area contributed by atoms with Crippen LogP contribution in [0.15, 0.2) is 4.52 Å². The van der Waals surface area contributed by atoms with Crippen LogP contribution in [0.4, 0.5) is 0 Å². The van der Waals surface area contributed by atoms with Crippen molar-refractivity contribution in [1.82, 2.24) is 15.5 Å². The predicted molar refractivity (Wildman–Crippen MR) is 66.8 cm³/mol. The van der Waals surface area contributed by atoms with Crippen LogP contribution in [-0.4, -0.2) is 23.2 Å². The molecule has 4 nitrogen and oxygen atoms in total. The first kappa shape index (κ1) is 12.6. The van der Waals surface area contributed by atoms with Gasteiger partial charge in [-0.2, -0.15) is 4.98 Å². The maximum absolute atomic E-state index is 5.29. The molecule has 0 bridgehead atoms. The first-order valence-corrected chi connectivity index (χ1v) is 6.55. The Morgan fingerprint density at radius 2 is 2.24 bits per heavy atom. The van der Waals surface area contributed by atoms with Gasteiger partial charge in [-0.05, 0) is 37.3 Å². The second kappa shape index (κ2) is 5.17. The molecular formula is C13H23N3O. The van der Waals surface area contributed by atoms with Gasteiger partial charge in [0.05, 0.1) is 0 Å². The fourth-order valence-corrected chi connectivity index (χ4v) is 2.23. The van der Waals surface area contributed by atoms with Crippen LogP contribution in [0, 0.1) is 11.3 Å². The second-order valence-corrected chi connectivity index (χ2v) is 6.24. The monoisotopic (exact) mass is 237 g/mol. The highest BCUT2D eigenvalue weighted by Gasteiger charge is 2.18. The molecule has 1 N–H and O–H groups in total. The zero-order valence-electron chi connectivity index (χ0n) is 11.1. The molecule has 2 heterocycles. The van der Waals surface area contributed by atoms with Crippen LogP contribution in [0.2, 0.25) is 0 Å². The summed E-state index contributed by atoms with van der Waals surface area (Å²) >= 11 is 0. The van der Waals surface area contributed by atoms with Gasteiger partial charge in [0.2, 0.25) is 5.89 Å². The van der Waals surface area contributed by atoms with Crippen LogP contribution < -0.4 is 5.32 Å². The Kier molecular flexibility index (Phi) is 3.82. The molecule has 17 heavy (non-hydrogen) atoms. The Morgan fingerprint density at radius 1 is 1.41 bits per heavy atom. The summed E-state index contributed by atoms with van der Waals surface area (Å²) in [6.07, 6.45) is 4.23. The lowest BCUT2D eigenvalue weighted by atomic mass is 9.92. The van der Waals surface area contributed by atoms with Crippen molar-refractivity contribution in [3.05, 3.63) is 11.7 Å². The van der Waals surface area contributed by atoms with E-state index in [4.69, 9.17) is 4.52 Å². The number of aromatic nitrogens is 2. The fraction of sp³-hybridized carbons (Fsp3) is 0.846. The fourth-order valence-electron chi connectivity index (χ4n) is 2.23. The van der Waals surface area contributed by atoms with Crippen LogP contribution in [0.25, 0.3) is 0 Å². The number of nitrogens with one attached hydrogen (secondary N) is 1. The normalized spacial score (nSPS) is 21.0. The molecule has 1 aromatic heterocycles. The molecule has 1 atom stereocenters. The average molecular weight is 237 g/mol. The quantitative estimate of drug-likeness (QED) is 0.872. The van der Waals surface area contributed by atoms with E-state index in [9.17, 15) is 0 Å². The third-order valence-corrected chi connectivity index (χ3v) is 3.13. The van der Waals surface area contributed by atoms with Gasteiger partial charge in [-0.25, -0.2) is 0 Å². The van der Waals surface area contributed by atoms with Crippen molar-refractivity contribution in [3.63, 3.8) is 0 Å². The molecule has 0 amide bonds. The van der Waals surface area contributed by atoms with E-state index in [0.717, 1.165) is 50.0 Å². The van der Waals surface area contributed by atoms with Crippen LogP contribution in [0.3, 0.4) is 0 Å². The molecule has 0 aliphatic carbocycles. The maximum atomic E-state index is 5.29. The van der Waals surface area contributed by atoms with E-state index in [1.54, 1.807) is 0 Å². The molecule has 1 aromatic rings. The Morgan fingerprint density at radius 3 is 2.88 bits per heavy atom. The molecule has 1 saturated heterocycles. The minimum absolute atomic E-state index is 0.219. The van der Waals surface area contributed by atoms with Gasteiger partial charge in [0, 0.05) is 12.8 Å². The van der Waals surface area contributed by atoms with E-state index in [-0.39, 0.29) is 5.41 Å². The van der Waals surface area contributed by atoms with Crippen LogP contribution in [0.1, 0.15) is 45.3 Å². The van der Waals surface area contributed by atoms with Gasteiger partial charge in [0.25, 0.3) is 0 Å². The zero-order valence-corrected chi connectivity index (χ0v) is 11.1. The summed E-state index contributed by atoms with van der Waals surface area (Å²) in [7, 11) is 0. The lowest BCUT2D eigenvalue weighted by molar-refractivity contribution is 0.347. The zero-order chi connectivity index (χ0) is 12.3. The molecule has 1 aliphatic heterocycles. The van der Waals surface area contributed by atoms with Crippen molar-refractivity contribution in [1.29, 1.82) is 0 Å². The van der Waals surface area contributed by atoms with E-state index in [0.29, 0.717) is 0 Å². The molecule has 1 aliphatic rings. The molecule has 0 spiro atoms. The molecule has 96 valence electrons. The predicted octanol–water partition coefficient (Wildman–Crippen LogP) is 2.20. The van der Waals surface area contributed by atoms with Crippen molar-refractivity contribution in [2.75, 3.05) is 13.1 Å². The first-order valence-electron chi connectivity index (χ1n) is 6.55. The van der Waals surface area contributed by atoms with Gasteiger partial charge < -0.3 is 9.84 Å². The van der Waals surface area contributed by atoms with Gasteiger partial charge in [-0.1, -0.05) is 25.9 Å². The van der Waals surface area contributed by atoms with Crippen molar-refractivity contribution in [2.24, 2.45) is 11.3 Å². The van der Waals surface area contributed by atoms with Gasteiger partial charge >= 0.3 is 0 Å². The van der Waals surface area contributed by atoms with Crippen molar-refractivity contribution in [2.45, 2.75) is 46.5 Å². The largest absolute Gasteiger partial charge is 0.339 e. The van der Waals surface area contributed by atoms with Crippen molar-refractivity contribution in [3.8, 4) is 0 Å². The summed E-state index contributed by atoms with van der Waals surface area (Å²) < 4.78 is 5.29. The summed E-state index contributed by atoms with van der Waals surface area (Å²) in [5, 5.41) is 7.42. The number of aryl methyl sites for hydroxylation is 1. The molecular weight excluding hydrogens is 214 g/mol. The number of rotatable bonds is 4. The molecule has 0 aromatic carbocycles. The maximum Gasteiger partial charge on any atom is 0.226 e. The van der Waals surface area contributed by atoms with Gasteiger partial charge in [-0.3, -0.25) is 0 Å².